The van der Waals surface area contributed by atoms with E-state index >= 15 is 0 Å². The SMILES string of the molecule is CCC(C)(C)c1c[n+](C)c(-c2ccccc2C)cc1C.CCC(C)(C)c1c[n+](C)c(-c2ccccc2C)cc1C.CCC(C)(C)c1ccc(-c2ccc(C)cc2C)[n+](C)c1.[2H]C([2H])([2H])c1ccc(-c2cc(C)c(C(C)(C)CC)c[n+]2C)c(C)c1. The van der Waals surface area contributed by atoms with Gasteiger partial charge in [-0.1, -0.05) is 155 Å². The number of hydrogen-bond acceptors (Lipinski definition) is 0. The molecule has 81 heavy (non-hydrogen) atoms. The number of rotatable bonds is 12. The molecular weight excluding hydrogens is 981 g/mol. The van der Waals surface area contributed by atoms with Gasteiger partial charge < -0.3 is 0 Å². The van der Waals surface area contributed by atoms with Gasteiger partial charge in [0, 0.05) is 72.9 Å². The van der Waals surface area contributed by atoms with Crippen molar-refractivity contribution in [3.8, 4) is 45.0 Å². The Morgan fingerprint density at radius 3 is 0.975 bits per heavy atom. The lowest BCUT2D eigenvalue weighted by molar-refractivity contribution is -0.661. The van der Waals surface area contributed by atoms with Crippen LogP contribution >= 0.6 is 0 Å². The van der Waals surface area contributed by atoms with E-state index in [2.05, 4.69) is 300 Å². The molecule has 0 bridgehead atoms. The molecule has 0 saturated heterocycles. The van der Waals surface area contributed by atoms with Crippen LogP contribution in [0.3, 0.4) is 0 Å². The Balaban J connectivity index is 0.000000205. The largest absolute Gasteiger partial charge is 0.212 e. The van der Waals surface area contributed by atoms with Crippen LogP contribution in [0.2, 0.25) is 0 Å². The van der Waals surface area contributed by atoms with Crippen LogP contribution in [-0.2, 0) is 49.9 Å². The van der Waals surface area contributed by atoms with Gasteiger partial charge in [-0.15, -0.1) is 0 Å². The fourth-order valence-corrected chi connectivity index (χ4v) is 11.0. The molecule has 0 aliphatic rings. The Morgan fingerprint density at radius 2 is 0.642 bits per heavy atom. The molecule has 0 aliphatic heterocycles. The standard InChI is InChI=1S/C20H28N.3C19H26N/c1-8-20(5,6)18-13-21(7)19(12-16(18)4)17-10-9-14(2)11-15(17)3;1-7-19(4,5)16-9-11-18(20(6)13-16)17-10-8-14(2)12-15(17)3;2*1-7-19(4,5)17-13-20(6)18(12-15(17)3)16-11-9-8-10-14(16)2/h9-13H,8H2,1-7H3;3*8-13H,7H2,1-6H3/q4*+1/i2D3;;;. The van der Waals surface area contributed by atoms with Gasteiger partial charge in [0.1, 0.15) is 28.2 Å². The van der Waals surface area contributed by atoms with Crippen LogP contribution in [0, 0.1) is 62.2 Å². The van der Waals surface area contributed by atoms with Gasteiger partial charge in [0.15, 0.2) is 24.8 Å². The lowest BCUT2D eigenvalue weighted by atomic mass is 9.80. The quantitative estimate of drug-likeness (QED) is 0.108. The van der Waals surface area contributed by atoms with Crippen molar-refractivity contribution >= 4 is 0 Å². The smallest absolute Gasteiger partial charge is 0.201 e. The van der Waals surface area contributed by atoms with Gasteiger partial charge in [-0.05, 0) is 179 Å². The van der Waals surface area contributed by atoms with Gasteiger partial charge >= 0.3 is 0 Å². The summed E-state index contributed by atoms with van der Waals surface area (Å²) in [5.74, 6) is 0. The summed E-state index contributed by atoms with van der Waals surface area (Å²) in [6, 6.07) is 40.7. The van der Waals surface area contributed by atoms with Crippen molar-refractivity contribution < 1.29 is 22.4 Å². The Kier molecular flexibility index (Phi) is 20.2. The maximum absolute atomic E-state index is 7.57. The first kappa shape index (κ1) is 60.6. The van der Waals surface area contributed by atoms with Gasteiger partial charge in [0.2, 0.25) is 22.8 Å². The molecule has 0 spiro atoms. The van der Waals surface area contributed by atoms with Crippen molar-refractivity contribution in [1.29, 1.82) is 0 Å². The molecule has 4 nitrogen and oxygen atoms in total. The number of nitrogens with zero attached hydrogens (tertiary/aromatic N) is 4. The van der Waals surface area contributed by atoms with Crippen molar-refractivity contribution in [1.82, 2.24) is 0 Å². The lowest BCUT2D eigenvalue weighted by Gasteiger charge is -2.24. The first-order chi connectivity index (χ1) is 39.0. The summed E-state index contributed by atoms with van der Waals surface area (Å²) >= 11 is 0. The van der Waals surface area contributed by atoms with Crippen molar-refractivity contribution in [2.45, 2.75) is 193 Å². The molecular formula is C77H106N4+4. The molecule has 8 aromatic rings. The van der Waals surface area contributed by atoms with E-state index in [4.69, 9.17) is 4.11 Å². The van der Waals surface area contributed by atoms with Gasteiger partial charge in [-0.25, -0.2) is 18.3 Å². The van der Waals surface area contributed by atoms with E-state index in [1.165, 1.54) is 95.0 Å². The number of aryl methyl sites for hydroxylation is 13. The molecule has 0 radical (unpaired) electrons. The number of hydrogen-bond donors (Lipinski definition) is 0. The minimum atomic E-state index is -2.06. The summed E-state index contributed by atoms with van der Waals surface area (Å²) in [5.41, 5.74) is 27.2. The Labute approximate surface area is 498 Å². The van der Waals surface area contributed by atoms with E-state index in [1.807, 2.05) is 13.0 Å². The van der Waals surface area contributed by atoms with Crippen molar-refractivity contribution in [2.75, 3.05) is 0 Å². The number of aromatic nitrogens is 4. The first-order valence-corrected chi connectivity index (χ1v) is 29.9. The van der Waals surface area contributed by atoms with E-state index in [9.17, 15) is 0 Å². The number of benzene rings is 4. The van der Waals surface area contributed by atoms with Crippen LogP contribution in [0.15, 0.2) is 140 Å². The van der Waals surface area contributed by atoms with Gasteiger partial charge in [-0.2, -0.15) is 0 Å². The predicted molar refractivity (Wildman–Crippen MR) is 348 cm³/mol. The maximum atomic E-state index is 7.57. The highest BCUT2D eigenvalue weighted by Gasteiger charge is 2.29. The highest BCUT2D eigenvalue weighted by Crippen LogP contribution is 2.34. The zero-order valence-electron chi connectivity index (χ0n) is 57.9. The molecule has 0 amide bonds. The van der Waals surface area contributed by atoms with Gasteiger partial charge in [0.05, 0.1) is 0 Å². The van der Waals surface area contributed by atoms with E-state index < -0.39 is 6.85 Å². The topological polar surface area (TPSA) is 15.5 Å². The third-order valence-corrected chi connectivity index (χ3v) is 18.1. The molecule has 8 rings (SSSR count). The minimum Gasteiger partial charge on any atom is -0.201 e. The average molecular weight is 1090 g/mol. The fourth-order valence-electron chi connectivity index (χ4n) is 11.0. The van der Waals surface area contributed by atoms with Crippen LogP contribution in [0.25, 0.3) is 45.0 Å². The Hall–Kier alpha value is -6.52. The van der Waals surface area contributed by atoms with E-state index in [-0.39, 0.29) is 21.7 Å². The summed E-state index contributed by atoms with van der Waals surface area (Å²) in [7, 11) is 8.50. The summed E-state index contributed by atoms with van der Waals surface area (Å²) in [5, 5.41) is 0. The molecule has 0 fully saturated rings. The molecule has 0 atom stereocenters. The van der Waals surface area contributed by atoms with Crippen molar-refractivity contribution in [3.05, 3.63) is 212 Å². The van der Waals surface area contributed by atoms with E-state index in [0.717, 1.165) is 42.5 Å². The third-order valence-electron chi connectivity index (χ3n) is 18.1. The fraction of sp³-hybridized carbons (Fsp3) is 0.429. The maximum Gasteiger partial charge on any atom is 0.212 e. The van der Waals surface area contributed by atoms with Gasteiger partial charge in [-0.3, -0.25) is 0 Å². The van der Waals surface area contributed by atoms with Crippen LogP contribution in [0.5, 0.6) is 0 Å². The molecule has 0 N–H and O–H groups in total. The second kappa shape index (κ2) is 27.0. The summed E-state index contributed by atoms with van der Waals surface area (Å²) in [6.45, 7) is 42.6. The lowest BCUT2D eigenvalue weighted by Crippen LogP contribution is -2.34. The van der Waals surface area contributed by atoms with Crippen LogP contribution in [0.1, 0.15) is 185 Å². The zero-order valence-corrected chi connectivity index (χ0v) is 54.9. The van der Waals surface area contributed by atoms with Crippen molar-refractivity contribution in [3.63, 3.8) is 0 Å². The molecule has 430 valence electrons. The minimum absolute atomic E-state index is 0.139. The molecule has 4 heteroatoms. The molecule has 4 heterocycles. The van der Waals surface area contributed by atoms with E-state index in [1.54, 1.807) is 12.1 Å². The number of pyridine rings is 4. The molecule has 0 saturated carbocycles. The zero-order chi connectivity index (χ0) is 63.0. The molecule has 4 aromatic heterocycles. The highest BCUT2D eigenvalue weighted by atomic mass is 14.9. The summed E-state index contributed by atoms with van der Waals surface area (Å²) in [6.07, 6.45) is 13.6. The second-order valence-electron chi connectivity index (χ2n) is 25.9. The summed E-state index contributed by atoms with van der Waals surface area (Å²) < 4.78 is 31.6. The normalized spacial score (nSPS) is 12.4. The third kappa shape index (κ3) is 15.7. The van der Waals surface area contributed by atoms with E-state index in [0.29, 0.717) is 5.56 Å². The Morgan fingerprint density at radius 1 is 0.321 bits per heavy atom. The van der Waals surface area contributed by atoms with Crippen molar-refractivity contribution in [2.24, 2.45) is 28.2 Å². The molecule has 4 aromatic carbocycles. The summed E-state index contributed by atoms with van der Waals surface area (Å²) in [4.78, 5) is 0. The molecule has 0 unspecified atom stereocenters. The predicted octanol–water partition coefficient (Wildman–Crippen LogP) is 18.2. The second-order valence-corrected chi connectivity index (χ2v) is 25.9. The highest BCUT2D eigenvalue weighted by molar-refractivity contribution is 5.65. The van der Waals surface area contributed by atoms with Crippen LogP contribution < -0.4 is 18.3 Å². The van der Waals surface area contributed by atoms with Crippen LogP contribution in [0.4, 0.5) is 0 Å². The monoisotopic (exact) mass is 1090 g/mol. The molecule has 0 aliphatic carbocycles. The Bertz CT molecular complexity index is 3460. The first-order valence-electron chi connectivity index (χ1n) is 31.4. The van der Waals surface area contributed by atoms with Crippen LogP contribution in [-0.4, -0.2) is 0 Å². The van der Waals surface area contributed by atoms with Gasteiger partial charge in [0.25, 0.3) is 0 Å². The average Bonchev–Trinajstić information content (AvgIpc) is 3.61.